The zero-order chi connectivity index (χ0) is 20.4. The molecule has 0 amide bonds. The smallest absolute Gasteiger partial charge is 0.335 e. The van der Waals surface area contributed by atoms with Crippen LogP contribution in [0.3, 0.4) is 0 Å². The maximum atomic E-state index is 11.1. The van der Waals surface area contributed by atoms with Crippen LogP contribution in [0.25, 0.3) is 0 Å². The fourth-order valence-corrected chi connectivity index (χ4v) is 4.79. The first-order valence-corrected chi connectivity index (χ1v) is 10.4. The molecular formula is C25H28O4. The molecule has 2 aliphatic rings. The molecule has 29 heavy (non-hydrogen) atoms. The normalized spacial score (nSPS) is 26.8. The van der Waals surface area contributed by atoms with Crippen molar-refractivity contribution in [2.24, 2.45) is 11.8 Å². The molecule has 5 unspecified atom stereocenters. The van der Waals surface area contributed by atoms with Crippen molar-refractivity contribution < 1.29 is 19.7 Å². The molecule has 4 nitrogen and oxygen atoms in total. The van der Waals surface area contributed by atoms with E-state index in [2.05, 4.69) is 25.1 Å². The third kappa shape index (κ3) is 4.44. The highest BCUT2D eigenvalue weighted by atomic mass is 16.5. The van der Waals surface area contributed by atoms with Gasteiger partial charge in [0.05, 0.1) is 23.9 Å². The van der Waals surface area contributed by atoms with E-state index in [0.717, 1.165) is 24.8 Å². The van der Waals surface area contributed by atoms with Crippen molar-refractivity contribution in [1.29, 1.82) is 0 Å². The van der Waals surface area contributed by atoms with Crippen molar-refractivity contribution in [3.8, 4) is 0 Å². The quantitative estimate of drug-likeness (QED) is 0.694. The SMILES string of the molecule is Cc1ccccc1CC(O)/C=C/C1C2CCC(O2)C1Cc1ccc(C(=O)O)cc1. The Balaban J connectivity index is 1.43. The lowest BCUT2D eigenvalue weighted by molar-refractivity contribution is 0.0696. The molecule has 0 spiro atoms. The number of hydrogen-bond donors (Lipinski definition) is 2. The van der Waals surface area contributed by atoms with E-state index in [1.54, 1.807) is 12.1 Å². The van der Waals surface area contributed by atoms with Gasteiger partial charge in [0.1, 0.15) is 0 Å². The van der Waals surface area contributed by atoms with Gasteiger partial charge < -0.3 is 14.9 Å². The number of rotatable bonds is 7. The first-order valence-electron chi connectivity index (χ1n) is 10.4. The lowest BCUT2D eigenvalue weighted by Gasteiger charge is -2.26. The number of carbonyl (C=O) groups is 1. The van der Waals surface area contributed by atoms with E-state index < -0.39 is 12.1 Å². The number of hydrogen-bond acceptors (Lipinski definition) is 3. The summed E-state index contributed by atoms with van der Waals surface area (Å²) in [5.41, 5.74) is 3.82. The van der Waals surface area contributed by atoms with Gasteiger partial charge in [-0.15, -0.1) is 0 Å². The number of benzene rings is 2. The monoisotopic (exact) mass is 392 g/mol. The van der Waals surface area contributed by atoms with Crippen LogP contribution in [0.15, 0.2) is 60.7 Å². The Morgan fingerprint density at radius 1 is 1.14 bits per heavy atom. The second-order valence-electron chi connectivity index (χ2n) is 8.32. The molecule has 0 aliphatic carbocycles. The van der Waals surface area contributed by atoms with Crippen LogP contribution in [-0.2, 0) is 17.6 Å². The zero-order valence-corrected chi connectivity index (χ0v) is 16.7. The average molecular weight is 392 g/mol. The van der Waals surface area contributed by atoms with E-state index in [1.807, 2.05) is 30.3 Å². The van der Waals surface area contributed by atoms with Crippen molar-refractivity contribution in [3.05, 3.63) is 82.9 Å². The molecule has 0 aromatic heterocycles. The minimum absolute atomic E-state index is 0.227. The number of aromatic carboxylic acids is 1. The van der Waals surface area contributed by atoms with Crippen LogP contribution >= 0.6 is 0 Å². The summed E-state index contributed by atoms with van der Waals surface area (Å²) in [6.07, 6.45) is 7.69. The Labute approximate surface area is 171 Å². The summed E-state index contributed by atoms with van der Waals surface area (Å²) in [5.74, 6) is -0.242. The molecule has 2 bridgehead atoms. The molecule has 0 radical (unpaired) electrons. The number of ether oxygens (including phenoxy) is 1. The van der Waals surface area contributed by atoms with Gasteiger partial charge in [0, 0.05) is 12.3 Å². The first kappa shape index (κ1) is 19.9. The standard InChI is InChI=1S/C25H28O4/c1-16-4-2-3-5-19(16)15-20(26)10-11-21-22(24-13-12-23(21)29-24)14-17-6-8-18(9-7-17)25(27)28/h2-11,20-24,26H,12-15H2,1H3,(H,27,28)/b11-10+. The van der Waals surface area contributed by atoms with Crippen LogP contribution in [0.1, 0.15) is 39.9 Å². The highest BCUT2D eigenvalue weighted by molar-refractivity contribution is 5.87. The fourth-order valence-electron chi connectivity index (χ4n) is 4.79. The van der Waals surface area contributed by atoms with Crippen LogP contribution in [-0.4, -0.2) is 34.5 Å². The van der Waals surface area contributed by atoms with Gasteiger partial charge in [-0.2, -0.15) is 0 Å². The second-order valence-corrected chi connectivity index (χ2v) is 8.32. The Bertz CT molecular complexity index is 886. The number of fused-ring (bicyclic) bond motifs is 2. The third-order valence-electron chi connectivity index (χ3n) is 6.40. The summed E-state index contributed by atoms with van der Waals surface area (Å²) in [4.78, 5) is 11.1. The molecule has 5 atom stereocenters. The second kappa shape index (κ2) is 8.52. The third-order valence-corrected chi connectivity index (χ3v) is 6.40. The molecular weight excluding hydrogens is 364 g/mol. The molecule has 2 aromatic rings. The topological polar surface area (TPSA) is 66.8 Å². The summed E-state index contributed by atoms with van der Waals surface area (Å²) in [6, 6.07) is 15.3. The Morgan fingerprint density at radius 3 is 2.59 bits per heavy atom. The molecule has 2 saturated heterocycles. The summed E-state index contributed by atoms with van der Waals surface area (Å²) >= 11 is 0. The molecule has 2 N–H and O–H groups in total. The van der Waals surface area contributed by atoms with Crippen LogP contribution in [0, 0.1) is 18.8 Å². The molecule has 4 rings (SSSR count). The number of carboxylic acid groups (broad SMARTS) is 1. The van der Waals surface area contributed by atoms with Gasteiger partial charge in [-0.25, -0.2) is 4.79 Å². The Hall–Kier alpha value is -2.43. The zero-order valence-electron chi connectivity index (χ0n) is 16.7. The van der Waals surface area contributed by atoms with E-state index in [0.29, 0.717) is 23.8 Å². The van der Waals surface area contributed by atoms with Crippen molar-refractivity contribution in [2.75, 3.05) is 0 Å². The molecule has 2 heterocycles. The van der Waals surface area contributed by atoms with Crippen molar-refractivity contribution >= 4 is 5.97 Å². The van der Waals surface area contributed by atoms with Crippen molar-refractivity contribution in [3.63, 3.8) is 0 Å². The molecule has 4 heteroatoms. The van der Waals surface area contributed by atoms with Gasteiger partial charge in [-0.1, -0.05) is 48.6 Å². The molecule has 2 aromatic carbocycles. The predicted molar refractivity (Wildman–Crippen MR) is 112 cm³/mol. The van der Waals surface area contributed by atoms with E-state index in [4.69, 9.17) is 9.84 Å². The van der Waals surface area contributed by atoms with Gasteiger partial charge in [-0.05, 0) is 60.9 Å². The van der Waals surface area contributed by atoms with Gasteiger partial charge in [0.25, 0.3) is 0 Å². The minimum atomic E-state index is -0.900. The number of aryl methyl sites for hydroxylation is 1. The van der Waals surface area contributed by atoms with Crippen LogP contribution < -0.4 is 0 Å². The van der Waals surface area contributed by atoms with E-state index in [-0.39, 0.29) is 12.2 Å². The number of carboxylic acids is 1. The maximum Gasteiger partial charge on any atom is 0.335 e. The molecule has 2 aliphatic heterocycles. The lowest BCUT2D eigenvalue weighted by atomic mass is 9.76. The van der Waals surface area contributed by atoms with Gasteiger partial charge in [0.2, 0.25) is 0 Å². The van der Waals surface area contributed by atoms with Gasteiger partial charge in [0.15, 0.2) is 0 Å². The molecule has 2 fully saturated rings. The van der Waals surface area contributed by atoms with Crippen LogP contribution in [0.5, 0.6) is 0 Å². The fraction of sp³-hybridized carbons (Fsp3) is 0.400. The van der Waals surface area contributed by atoms with Gasteiger partial charge >= 0.3 is 5.97 Å². The Kier molecular flexibility index (Phi) is 5.84. The highest BCUT2D eigenvalue weighted by Crippen LogP contribution is 2.45. The van der Waals surface area contributed by atoms with Crippen LogP contribution in [0.4, 0.5) is 0 Å². The number of aliphatic hydroxyl groups is 1. The number of aliphatic hydroxyl groups excluding tert-OH is 1. The van der Waals surface area contributed by atoms with E-state index in [9.17, 15) is 9.90 Å². The summed E-state index contributed by atoms with van der Waals surface area (Å²) in [6.45, 7) is 2.07. The predicted octanol–water partition coefficient (Wildman–Crippen LogP) is 4.19. The van der Waals surface area contributed by atoms with Crippen LogP contribution in [0.2, 0.25) is 0 Å². The summed E-state index contributed by atoms with van der Waals surface area (Å²) < 4.78 is 6.17. The first-order chi connectivity index (χ1) is 14.0. The molecule has 152 valence electrons. The van der Waals surface area contributed by atoms with E-state index >= 15 is 0 Å². The summed E-state index contributed by atoms with van der Waals surface area (Å²) in [7, 11) is 0. The van der Waals surface area contributed by atoms with E-state index in [1.165, 1.54) is 11.1 Å². The van der Waals surface area contributed by atoms with Gasteiger partial charge in [-0.3, -0.25) is 0 Å². The molecule has 0 saturated carbocycles. The largest absolute Gasteiger partial charge is 0.478 e. The lowest BCUT2D eigenvalue weighted by Crippen LogP contribution is -2.28. The minimum Gasteiger partial charge on any atom is -0.478 e. The maximum absolute atomic E-state index is 11.1. The summed E-state index contributed by atoms with van der Waals surface area (Å²) in [5, 5.41) is 19.6. The van der Waals surface area contributed by atoms with Crippen molar-refractivity contribution in [2.45, 2.75) is 50.9 Å². The van der Waals surface area contributed by atoms with Crippen molar-refractivity contribution in [1.82, 2.24) is 0 Å². The average Bonchev–Trinajstić information content (AvgIpc) is 3.31. The Morgan fingerprint density at radius 2 is 1.86 bits per heavy atom. The highest BCUT2D eigenvalue weighted by Gasteiger charge is 2.47.